The van der Waals surface area contributed by atoms with Crippen LogP contribution in [-0.4, -0.2) is 37.2 Å². The molecule has 0 aliphatic carbocycles. The Bertz CT molecular complexity index is 707. The Morgan fingerprint density at radius 3 is 2.69 bits per heavy atom. The highest BCUT2D eigenvalue weighted by atomic mass is 19.1. The number of hydrogen-bond acceptors (Lipinski definition) is 4. The van der Waals surface area contributed by atoms with E-state index < -0.39 is 0 Å². The Balaban J connectivity index is 1.81. The molecule has 140 valence electrons. The largest absolute Gasteiger partial charge is 0.489 e. The fourth-order valence-corrected chi connectivity index (χ4v) is 2.25. The van der Waals surface area contributed by atoms with Gasteiger partial charge in [-0.1, -0.05) is 6.07 Å². The summed E-state index contributed by atoms with van der Waals surface area (Å²) < 4.78 is 24.2. The molecule has 0 aliphatic heterocycles. The van der Waals surface area contributed by atoms with Crippen LogP contribution >= 0.6 is 0 Å². The summed E-state index contributed by atoms with van der Waals surface area (Å²) in [6, 6.07) is 9.79. The van der Waals surface area contributed by atoms with Crippen LogP contribution in [0.15, 0.2) is 47.6 Å². The van der Waals surface area contributed by atoms with Crippen LogP contribution in [0.3, 0.4) is 0 Å². The highest BCUT2D eigenvalue weighted by molar-refractivity contribution is 5.79. The lowest BCUT2D eigenvalue weighted by Crippen LogP contribution is -2.41. The minimum absolute atomic E-state index is 0.114. The van der Waals surface area contributed by atoms with E-state index in [9.17, 15) is 4.39 Å². The van der Waals surface area contributed by atoms with Crippen molar-refractivity contribution >= 4 is 5.96 Å². The van der Waals surface area contributed by atoms with E-state index in [-0.39, 0.29) is 11.9 Å². The van der Waals surface area contributed by atoms with Gasteiger partial charge in [0.1, 0.15) is 17.7 Å². The number of aromatic nitrogens is 1. The minimum Gasteiger partial charge on any atom is -0.489 e. The van der Waals surface area contributed by atoms with Gasteiger partial charge in [0.15, 0.2) is 5.96 Å². The van der Waals surface area contributed by atoms with Gasteiger partial charge in [-0.15, -0.1) is 0 Å². The molecule has 0 amide bonds. The van der Waals surface area contributed by atoms with Gasteiger partial charge in [-0.2, -0.15) is 0 Å². The molecule has 26 heavy (non-hydrogen) atoms. The second kappa shape index (κ2) is 10.2. The lowest BCUT2D eigenvalue weighted by atomic mass is 10.2. The first-order valence-corrected chi connectivity index (χ1v) is 8.55. The quantitative estimate of drug-likeness (QED) is 0.560. The van der Waals surface area contributed by atoms with Gasteiger partial charge in [-0.3, -0.25) is 4.99 Å². The molecular weight excluding hydrogens is 335 g/mol. The highest BCUT2D eigenvalue weighted by Gasteiger charge is 2.08. The van der Waals surface area contributed by atoms with Gasteiger partial charge >= 0.3 is 0 Å². The van der Waals surface area contributed by atoms with Gasteiger partial charge < -0.3 is 20.1 Å². The fourth-order valence-electron chi connectivity index (χ4n) is 2.25. The second-order valence-corrected chi connectivity index (χ2v) is 5.59. The van der Waals surface area contributed by atoms with Crippen LogP contribution in [0.5, 0.6) is 11.6 Å². The molecule has 6 nitrogen and oxygen atoms in total. The Kier molecular flexibility index (Phi) is 7.67. The average molecular weight is 360 g/mol. The highest BCUT2D eigenvalue weighted by Crippen LogP contribution is 2.14. The third-order valence-electron chi connectivity index (χ3n) is 3.51. The zero-order chi connectivity index (χ0) is 18.8. The topological polar surface area (TPSA) is 67.8 Å². The molecule has 0 bridgehead atoms. The predicted octanol–water partition coefficient (Wildman–Crippen LogP) is 2.75. The number of aliphatic imine (C=N–C) groups is 1. The van der Waals surface area contributed by atoms with Gasteiger partial charge in [0.05, 0.1) is 13.2 Å². The van der Waals surface area contributed by atoms with Crippen molar-refractivity contribution in [2.24, 2.45) is 4.99 Å². The molecule has 1 aromatic carbocycles. The maximum absolute atomic E-state index is 12.9. The summed E-state index contributed by atoms with van der Waals surface area (Å²) in [6.07, 6.45) is 1.59. The summed E-state index contributed by atoms with van der Waals surface area (Å²) in [4.78, 5) is 8.43. The number of rotatable bonds is 8. The maximum atomic E-state index is 12.9. The van der Waals surface area contributed by atoms with Crippen LogP contribution in [-0.2, 0) is 6.54 Å². The fraction of sp³-hybridized carbons (Fsp3) is 0.368. The van der Waals surface area contributed by atoms with E-state index in [0.717, 1.165) is 5.56 Å². The summed E-state index contributed by atoms with van der Waals surface area (Å²) in [5, 5.41) is 6.43. The summed E-state index contributed by atoms with van der Waals surface area (Å²) in [5.74, 6) is 1.60. The number of pyridine rings is 1. The molecule has 0 saturated heterocycles. The van der Waals surface area contributed by atoms with E-state index in [2.05, 4.69) is 20.6 Å². The van der Waals surface area contributed by atoms with Crippen molar-refractivity contribution in [3.63, 3.8) is 0 Å². The van der Waals surface area contributed by atoms with Crippen molar-refractivity contribution < 1.29 is 13.9 Å². The molecular formula is C19H25FN4O2. The summed E-state index contributed by atoms with van der Waals surface area (Å²) in [6.45, 7) is 5.50. The molecule has 0 aliphatic rings. The Labute approximate surface area is 153 Å². The van der Waals surface area contributed by atoms with Crippen molar-refractivity contribution in [2.45, 2.75) is 26.5 Å². The van der Waals surface area contributed by atoms with Crippen LogP contribution in [0.1, 0.15) is 19.4 Å². The lowest BCUT2D eigenvalue weighted by Gasteiger charge is -2.18. The molecule has 1 atom stereocenters. The summed E-state index contributed by atoms with van der Waals surface area (Å²) in [5.41, 5.74) is 0.952. The van der Waals surface area contributed by atoms with Gasteiger partial charge in [0.2, 0.25) is 5.88 Å². The lowest BCUT2D eigenvalue weighted by molar-refractivity contribution is 0.223. The number of benzene rings is 1. The van der Waals surface area contributed by atoms with Gasteiger partial charge in [-0.05, 0) is 44.2 Å². The number of nitrogens with zero attached hydrogens (tertiary/aromatic N) is 2. The summed E-state index contributed by atoms with van der Waals surface area (Å²) >= 11 is 0. The second-order valence-electron chi connectivity index (χ2n) is 5.59. The molecule has 0 radical (unpaired) electrons. The van der Waals surface area contributed by atoms with Crippen LogP contribution in [0, 0.1) is 5.82 Å². The van der Waals surface area contributed by atoms with Gasteiger partial charge in [0.25, 0.3) is 0 Å². The third kappa shape index (κ3) is 6.23. The Hall–Kier alpha value is -2.83. The SMILES string of the molecule is CCOc1ncccc1CNC(=NC)NCC(C)Oc1ccc(F)cc1. The number of ether oxygens (including phenoxy) is 2. The van der Waals surface area contributed by atoms with E-state index in [4.69, 9.17) is 9.47 Å². The number of hydrogen-bond donors (Lipinski definition) is 2. The normalized spacial score (nSPS) is 12.4. The van der Waals surface area contributed by atoms with Crippen LogP contribution in [0.25, 0.3) is 0 Å². The van der Waals surface area contributed by atoms with E-state index in [1.54, 1.807) is 25.4 Å². The molecule has 0 fully saturated rings. The van der Waals surface area contributed by atoms with Gasteiger partial charge in [0, 0.05) is 25.4 Å². The van der Waals surface area contributed by atoms with Crippen molar-refractivity contribution in [1.82, 2.24) is 15.6 Å². The first kappa shape index (κ1) is 19.5. The molecule has 2 aromatic rings. The van der Waals surface area contributed by atoms with Crippen molar-refractivity contribution in [2.75, 3.05) is 20.2 Å². The molecule has 7 heteroatoms. The minimum atomic E-state index is -0.283. The van der Waals surface area contributed by atoms with Gasteiger partial charge in [-0.25, -0.2) is 9.37 Å². The van der Waals surface area contributed by atoms with Crippen LogP contribution in [0.2, 0.25) is 0 Å². The Morgan fingerprint density at radius 2 is 2.00 bits per heavy atom. The molecule has 2 N–H and O–H groups in total. The molecule has 1 unspecified atom stereocenters. The van der Waals surface area contributed by atoms with E-state index in [1.165, 1.54) is 12.1 Å². The van der Waals surface area contributed by atoms with Crippen LogP contribution in [0.4, 0.5) is 4.39 Å². The first-order chi connectivity index (χ1) is 12.6. The summed E-state index contributed by atoms with van der Waals surface area (Å²) in [7, 11) is 1.70. The molecule has 2 rings (SSSR count). The number of guanidine groups is 1. The zero-order valence-corrected chi connectivity index (χ0v) is 15.3. The monoisotopic (exact) mass is 360 g/mol. The molecule has 1 heterocycles. The predicted molar refractivity (Wildman–Crippen MR) is 100 cm³/mol. The number of nitrogens with one attached hydrogen (secondary N) is 2. The average Bonchev–Trinajstić information content (AvgIpc) is 2.65. The molecule has 0 spiro atoms. The van der Waals surface area contributed by atoms with E-state index >= 15 is 0 Å². The third-order valence-corrected chi connectivity index (χ3v) is 3.51. The molecule has 1 aromatic heterocycles. The van der Waals surface area contributed by atoms with E-state index in [0.29, 0.717) is 37.3 Å². The van der Waals surface area contributed by atoms with E-state index in [1.807, 2.05) is 26.0 Å². The Morgan fingerprint density at radius 1 is 1.23 bits per heavy atom. The van der Waals surface area contributed by atoms with Crippen molar-refractivity contribution in [3.8, 4) is 11.6 Å². The standard InChI is InChI=1S/C19H25FN4O2/c1-4-25-18-15(6-5-11-22-18)13-24-19(21-3)23-12-14(2)26-17-9-7-16(20)8-10-17/h5-11,14H,4,12-13H2,1-3H3,(H2,21,23,24). The van der Waals surface area contributed by atoms with Crippen LogP contribution < -0.4 is 20.1 Å². The zero-order valence-electron chi connectivity index (χ0n) is 15.3. The van der Waals surface area contributed by atoms with Crippen molar-refractivity contribution in [1.29, 1.82) is 0 Å². The molecule has 0 saturated carbocycles. The smallest absolute Gasteiger partial charge is 0.218 e. The number of halogens is 1. The maximum Gasteiger partial charge on any atom is 0.218 e. The van der Waals surface area contributed by atoms with Crippen molar-refractivity contribution in [3.05, 3.63) is 54.0 Å². The first-order valence-electron chi connectivity index (χ1n) is 8.55.